The highest BCUT2D eigenvalue weighted by atomic mass is 79.9. The molecule has 134 valence electrons. The minimum atomic E-state index is -4.65. The van der Waals surface area contributed by atoms with Gasteiger partial charge in [-0.3, -0.25) is 0 Å². The van der Waals surface area contributed by atoms with E-state index in [1.165, 1.54) is 24.3 Å². The molecule has 0 N–H and O–H groups in total. The summed E-state index contributed by atoms with van der Waals surface area (Å²) in [5.74, 6) is -0.469. The van der Waals surface area contributed by atoms with Crippen LogP contribution in [0.15, 0.2) is 28.7 Å². The molecule has 0 bridgehead atoms. The molecule has 5 nitrogen and oxygen atoms in total. The lowest BCUT2D eigenvalue weighted by Gasteiger charge is -2.36. The van der Waals surface area contributed by atoms with Gasteiger partial charge in [0.1, 0.15) is 0 Å². The van der Waals surface area contributed by atoms with E-state index in [9.17, 15) is 26.4 Å². The predicted molar refractivity (Wildman–Crippen MR) is 86.3 cm³/mol. The molecule has 1 aliphatic rings. The number of urea groups is 1. The first-order valence-corrected chi connectivity index (χ1v) is 9.67. The Morgan fingerprint density at radius 1 is 1.21 bits per heavy atom. The Morgan fingerprint density at radius 3 is 2.17 bits per heavy atom. The van der Waals surface area contributed by atoms with Crippen LogP contribution in [-0.2, 0) is 9.84 Å². The highest BCUT2D eigenvalue weighted by molar-refractivity contribution is 9.10. The van der Waals surface area contributed by atoms with E-state index in [0.717, 1.165) is 11.9 Å². The summed E-state index contributed by atoms with van der Waals surface area (Å²) >= 11 is 3.16. The van der Waals surface area contributed by atoms with Gasteiger partial charge in [-0.15, -0.1) is 0 Å². The quantitative estimate of drug-likeness (QED) is 0.727. The van der Waals surface area contributed by atoms with Crippen LogP contribution in [-0.4, -0.2) is 62.1 Å². The van der Waals surface area contributed by atoms with E-state index in [4.69, 9.17) is 0 Å². The maximum absolute atomic E-state index is 13.5. The molecule has 1 atom stereocenters. The Bertz CT molecular complexity index is 693. The number of alkyl halides is 3. The van der Waals surface area contributed by atoms with Gasteiger partial charge in [-0.2, -0.15) is 13.2 Å². The Labute approximate surface area is 146 Å². The maximum Gasteiger partial charge on any atom is 0.413 e. The summed E-state index contributed by atoms with van der Waals surface area (Å²) in [6.45, 7) is -0.202. The molecule has 1 aromatic carbocycles. The van der Waals surface area contributed by atoms with Crippen LogP contribution in [0.4, 0.5) is 18.0 Å². The standard InChI is InChI=1S/C14H16BrF3N2O3S/c1-19(13(21)20-6-8-24(22,23)9-7-20)12(14(16,17)18)10-2-4-11(15)5-3-10/h2-5,12H,6-9H2,1H3/t12-/m0/s1. The number of hydrogen-bond donors (Lipinski definition) is 0. The molecule has 2 amide bonds. The number of carbonyl (C=O) groups excluding carboxylic acids is 1. The van der Waals surface area contributed by atoms with E-state index < -0.39 is 28.1 Å². The number of benzene rings is 1. The number of nitrogens with zero attached hydrogens (tertiary/aromatic N) is 2. The van der Waals surface area contributed by atoms with Gasteiger partial charge >= 0.3 is 12.2 Å². The summed E-state index contributed by atoms with van der Waals surface area (Å²) in [6, 6.07) is 2.60. The van der Waals surface area contributed by atoms with Gasteiger partial charge in [-0.25, -0.2) is 13.2 Å². The van der Waals surface area contributed by atoms with Gasteiger partial charge < -0.3 is 9.80 Å². The fourth-order valence-electron chi connectivity index (χ4n) is 2.51. The van der Waals surface area contributed by atoms with Crippen molar-refractivity contribution < 1.29 is 26.4 Å². The Morgan fingerprint density at radius 2 is 1.71 bits per heavy atom. The van der Waals surface area contributed by atoms with Crippen molar-refractivity contribution in [2.75, 3.05) is 31.6 Å². The molecule has 24 heavy (non-hydrogen) atoms. The number of halogens is 4. The predicted octanol–water partition coefficient (Wildman–Crippen LogP) is 2.83. The van der Waals surface area contributed by atoms with E-state index in [1.807, 2.05) is 0 Å². The molecule has 1 heterocycles. The van der Waals surface area contributed by atoms with Gasteiger partial charge in [0.15, 0.2) is 15.9 Å². The Hall–Kier alpha value is -1.29. The van der Waals surface area contributed by atoms with Crippen LogP contribution >= 0.6 is 15.9 Å². The average Bonchev–Trinajstić information content (AvgIpc) is 2.47. The highest BCUT2D eigenvalue weighted by Crippen LogP contribution is 2.37. The first-order valence-electron chi connectivity index (χ1n) is 7.05. The van der Waals surface area contributed by atoms with Crippen molar-refractivity contribution in [3.8, 4) is 0 Å². The van der Waals surface area contributed by atoms with Gasteiger partial charge in [0.25, 0.3) is 0 Å². The van der Waals surface area contributed by atoms with Crippen molar-refractivity contribution in [1.29, 1.82) is 0 Å². The molecule has 10 heteroatoms. The van der Waals surface area contributed by atoms with Crippen molar-refractivity contribution in [3.05, 3.63) is 34.3 Å². The zero-order valence-corrected chi connectivity index (χ0v) is 15.2. The molecule has 0 saturated carbocycles. The van der Waals surface area contributed by atoms with E-state index in [0.29, 0.717) is 9.37 Å². The number of amides is 2. The van der Waals surface area contributed by atoms with Gasteiger partial charge in [-0.1, -0.05) is 28.1 Å². The van der Waals surface area contributed by atoms with Crippen molar-refractivity contribution in [3.63, 3.8) is 0 Å². The van der Waals surface area contributed by atoms with Crippen molar-refractivity contribution in [2.45, 2.75) is 12.2 Å². The van der Waals surface area contributed by atoms with Gasteiger partial charge in [0.2, 0.25) is 0 Å². The Kier molecular flexibility index (Phi) is 5.48. The molecule has 2 rings (SSSR count). The van der Waals surface area contributed by atoms with Gasteiger partial charge in [0, 0.05) is 24.6 Å². The second kappa shape index (κ2) is 6.91. The lowest BCUT2D eigenvalue weighted by atomic mass is 10.1. The number of carbonyl (C=O) groups is 1. The molecule has 1 aromatic rings. The SMILES string of the molecule is CN(C(=O)N1CCS(=O)(=O)CC1)[C@@H](c1ccc(Br)cc1)C(F)(F)F. The molecule has 0 unspecified atom stereocenters. The highest BCUT2D eigenvalue weighted by Gasteiger charge is 2.46. The summed E-state index contributed by atoms with van der Waals surface area (Å²) in [4.78, 5) is 14.1. The summed E-state index contributed by atoms with van der Waals surface area (Å²) in [7, 11) is -2.15. The van der Waals surface area contributed by atoms with Crippen molar-refractivity contribution in [1.82, 2.24) is 9.80 Å². The van der Waals surface area contributed by atoms with Crippen LogP contribution in [0.5, 0.6) is 0 Å². The van der Waals surface area contributed by atoms with E-state index in [-0.39, 0.29) is 30.2 Å². The largest absolute Gasteiger partial charge is 0.413 e. The normalized spacial score (nSPS) is 19.0. The van der Waals surface area contributed by atoms with E-state index >= 15 is 0 Å². The van der Waals surface area contributed by atoms with Crippen LogP contribution < -0.4 is 0 Å². The van der Waals surface area contributed by atoms with Crippen LogP contribution in [0.1, 0.15) is 11.6 Å². The third-order valence-corrected chi connectivity index (χ3v) is 5.94. The molecule has 0 radical (unpaired) electrons. The van der Waals surface area contributed by atoms with Crippen LogP contribution in [0.2, 0.25) is 0 Å². The molecule has 1 fully saturated rings. The van der Waals surface area contributed by atoms with E-state index in [1.54, 1.807) is 0 Å². The zero-order valence-electron chi connectivity index (χ0n) is 12.8. The van der Waals surface area contributed by atoms with Crippen LogP contribution in [0.25, 0.3) is 0 Å². The number of hydrogen-bond acceptors (Lipinski definition) is 3. The topological polar surface area (TPSA) is 57.7 Å². The van der Waals surface area contributed by atoms with Gasteiger partial charge in [0.05, 0.1) is 11.5 Å². The fraction of sp³-hybridized carbons (Fsp3) is 0.500. The second-order valence-corrected chi connectivity index (χ2v) is 8.75. The molecule has 0 aliphatic carbocycles. The molecular weight excluding hydrogens is 413 g/mol. The second-order valence-electron chi connectivity index (χ2n) is 5.53. The average molecular weight is 429 g/mol. The fourth-order valence-corrected chi connectivity index (χ4v) is 3.98. The minimum Gasteiger partial charge on any atom is -0.323 e. The lowest BCUT2D eigenvalue weighted by Crippen LogP contribution is -2.51. The summed E-state index contributed by atoms with van der Waals surface area (Å²) < 4.78 is 63.9. The van der Waals surface area contributed by atoms with Crippen molar-refractivity contribution in [2.24, 2.45) is 0 Å². The van der Waals surface area contributed by atoms with Crippen LogP contribution in [0.3, 0.4) is 0 Å². The smallest absolute Gasteiger partial charge is 0.323 e. The minimum absolute atomic E-state index is 0.0637. The molecule has 0 aromatic heterocycles. The maximum atomic E-state index is 13.5. The summed E-state index contributed by atoms with van der Waals surface area (Å²) in [6.07, 6.45) is -4.65. The molecule has 1 saturated heterocycles. The van der Waals surface area contributed by atoms with Crippen molar-refractivity contribution >= 4 is 31.8 Å². The third kappa shape index (κ3) is 4.41. The first-order chi connectivity index (χ1) is 11.0. The summed E-state index contributed by atoms with van der Waals surface area (Å²) in [5, 5.41) is 0. The van der Waals surface area contributed by atoms with Crippen LogP contribution in [0, 0.1) is 0 Å². The monoisotopic (exact) mass is 428 g/mol. The first kappa shape index (κ1) is 19.0. The molecular formula is C14H16BrF3N2O3S. The van der Waals surface area contributed by atoms with Gasteiger partial charge in [-0.05, 0) is 17.7 Å². The lowest BCUT2D eigenvalue weighted by molar-refractivity contribution is -0.176. The Balaban J connectivity index is 2.23. The summed E-state index contributed by atoms with van der Waals surface area (Å²) in [5.41, 5.74) is -0.0637. The third-order valence-electron chi connectivity index (χ3n) is 3.80. The van der Waals surface area contributed by atoms with E-state index in [2.05, 4.69) is 15.9 Å². The number of sulfone groups is 1. The molecule has 0 spiro atoms. The zero-order chi connectivity index (χ0) is 18.1. The molecule has 1 aliphatic heterocycles. The number of rotatable bonds is 2.